The van der Waals surface area contributed by atoms with Crippen molar-refractivity contribution in [3.05, 3.63) is 66.0 Å². The molecule has 0 aliphatic rings. The summed E-state index contributed by atoms with van der Waals surface area (Å²) < 4.78 is 0. The van der Waals surface area contributed by atoms with Gasteiger partial charge in [0.05, 0.1) is 0 Å². The highest BCUT2D eigenvalue weighted by atomic mass is 14.9. The van der Waals surface area contributed by atoms with E-state index in [1.165, 1.54) is 5.56 Å². The maximum Gasteiger partial charge on any atom is 0.0416 e. The molecule has 1 unspecified atom stereocenters. The average Bonchev–Trinajstić information content (AvgIpc) is 2.45. The van der Waals surface area contributed by atoms with Gasteiger partial charge in [-0.15, -0.1) is 0 Å². The van der Waals surface area contributed by atoms with Gasteiger partial charge < -0.3 is 5.32 Å². The highest BCUT2D eigenvalue weighted by Crippen LogP contribution is 2.12. The van der Waals surface area contributed by atoms with E-state index in [1.54, 1.807) is 0 Å². The first-order chi connectivity index (χ1) is 8.86. The third kappa shape index (κ3) is 3.97. The quantitative estimate of drug-likeness (QED) is 0.785. The van der Waals surface area contributed by atoms with Crippen molar-refractivity contribution in [2.75, 3.05) is 13.1 Å². The largest absolute Gasteiger partial charge is 0.316 e. The Morgan fingerprint density at radius 2 is 1.83 bits per heavy atom. The molecule has 0 saturated carbocycles. The summed E-state index contributed by atoms with van der Waals surface area (Å²) in [6, 6.07) is 16.7. The molecule has 0 amide bonds. The summed E-state index contributed by atoms with van der Waals surface area (Å²) in [5.41, 5.74) is 2.54. The molecule has 0 fully saturated rings. The van der Waals surface area contributed by atoms with Crippen LogP contribution in [0.3, 0.4) is 0 Å². The van der Waals surface area contributed by atoms with Crippen molar-refractivity contribution in [3.8, 4) is 0 Å². The van der Waals surface area contributed by atoms with Gasteiger partial charge in [-0.05, 0) is 23.6 Å². The van der Waals surface area contributed by atoms with E-state index in [0.717, 1.165) is 25.2 Å². The van der Waals surface area contributed by atoms with Crippen LogP contribution in [-0.4, -0.2) is 18.1 Å². The molecule has 1 aromatic heterocycles. The van der Waals surface area contributed by atoms with Gasteiger partial charge in [0.25, 0.3) is 0 Å². The Hall–Kier alpha value is -1.67. The second-order valence-electron chi connectivity index (χ2n) is 4.59. The van der Waals surface area contributed by atoms with E-state index in [0.29, 0.717) is 5.92 Å². The third-order valence-electron chi connectivity index (χ3n) is 3.10. The summed E-state index contributed by atoms with van der Waals surface area (Å²) >= 11 is 0. The number of hydrogen-bond donors (Lipinski definition) is 1. The van der Waals surface area contributed by atoms with Gasteiger partial charge in [-0.2, -0.15) is 0 Å². The molecule has 2 rings (SSSR count). The van der Waals surface area contributed by atoms with Crippen LogP contribution >= 0.6 is 0 Å². The van der Waals surface area contributed by atoms with E-state index < -0.39 is 0 Å². The lowest BCUT2D eigenvalue weighted by molar-refractivity contribution is 0.612. The van der Waals surface area contributed by atoms with E-state index in [2.05, 4.69) is 53.6 Å². The number of benzene rings is 1. The van der Waals surface area contributed by atoms with Crippen LogP contribution in [0.25, 0.3) is 0 Å². The zero-order valence-corrected chi connectivity index (χ0v) is 10.8. The highest BCUT2D eigenvalue weighted by molar-refractivity contribution is 5.18. The Kier molecular flexibility index (Phi) is 4.91. The SMILES string of the molecule is CC(CNCCc1ccccn1)c1ccccc1. The van der Waals surface area contributed by atoms with E-state index in [-0.39, 0.29) is 0 Å². The summed E-state index contributed by atoms with van der Waals surface area (Å²) in [5.74, 6) is 0.551. The lowest BCUT2D eigenvalue weighted by Crippen LogP contribution is -2.22. The lowest BCUT2D eigenvalue weighted by Gasteiger charge is -2.12. The van der Waals surface area contributed by atoms with Crippen LogP contribution in [0.5, 0.6) is 0 Å². The fourth-order valence-electron chi connectivity index (χ4n) is 1.98. The van der Waals surface area contributed by atoms with Gasteiger partial charge in [0, 0.05) is 31.4 Å². The van der Waals surface area contributed by atoms with Gasteiger partial charge in [0.15, 0.2) is 0 Å². The monoisotopic (exact) mass is 240 g/mol. The van der Waals surface area contributed by atoms with Gasteiger partial charge in [-0.25, -0.2) is 0 Å². The summed E-state index contributed by atoms with van der Waals surface area (Å²) in [6.45, 7) is 4.24. The lowest BCUT2D eigenvalue weighted by atomic mass is 10.0. The van der Waals surface area contributed by atoms with Crippen molar-refractivity contribution in [1.82, 2.24) is 10.3 Å². The highest BCUT2D eigenvalue weighted by Gasteiger charge is 2.03. The Labute approximate surface area is 109 Å². The number of nitrogens with zero attached hydrogens (tertiary/aromatic N) is 1. The van der Waals surface area contributed by atoms with Crippen LogP contribution in [0, 0.1) is 0 Å². The van der Waals surface area contributed by atoms with Gasteiger partial charge in [0.1, 0.15) is 0 Å². The number of nitrogens with one attached hydrogen (secondary N) is 1. The molecule has 18 heavy (non-hydrogen) atoms. The fraction of sp³-hybridized carbons (Fsp3) is 0.312. The first-order valence-electron chi connectivity index (χ1n) is 6.52. The molecule has 2 nitrogen and oxygen atoms in total. The second-order valence-corrected chi connectivity index (χ2v) is 4.59. The van der Waals surface area contributed by atoms with Crippen molar-refractivity contribution >= 4 is 0 Å². The minimum absolute atomic E-state index is 0.551. The fourth-order valence-corrected chi connectivity index (χ4v) is 1.98. The molecule has 2 aromatic rings. The molecule has 0 aliphatic carbocycles. The molecule has 0 bridgehead atoms. The Morgan fingerprint density at radius 3 is 2.56 bits per heavy atom. The molecular formula is C16H20N2. The Bertz CT molecular complexity index is 439. The van der Waals surface area contributed by atoms with E-state index in [4.69, 9.17) is 0 Å². The van der Waals surface area contributed by atoms with Gasteiger partial charge >= 0.3 is 0 Å². The van der Waals surface area contributed by atoms with E-state index >= 15 is 0 Å². The first kappa shape index (κ1) is 12.8. The third-order valence-corrected chi connectivity index (χ3v) is 3.10. The molecule has 1 atom stereocenters. The van der Waals surface area contributed by atoms with Gasteiger partial charge in [-0.1, -0.05) is 43.3 Å². The zero-order chi connectivity index (χ0) is 12.6. The van der Waals surface area contributed by atoms with Crippen LogP contribution in [0.1, 0.15) is 24.1 Å². The molecule has 2 heteroatoms. The maximum absolute atomic E-state index is 4.31. The van der Waals surface area contributed by atoms with Crippen LogP contribution in [0.15, 0.2) is 54.7 Å². The van der Waals surface area contributed by atoms with Crippen molar-refractivity contribution < 1.29 is 0 Å². The smallest absolute Gasteiger partial charge is 0.0416 e. The average molecular weight is 240 g/mol. The van der Waals surface area contributed by atoms with Crippen molar-refractivity contribution in [3.63, 3.8) is 0 Å². The van der Waals surface area contributed by atoms with Crippen molar-refractivity contribution in [2.45, 2.75) is 19.3 Å². The first-order valence-corrected chi connectivity index (χ1v) is 6.52. The van der Waals surface area contributed by atoms with E-state index in [9.17, 15) is 0 Å². The van der Waals surface area contributed by atoms with Crippen molar-refractivity contribution in [2.24, 2.45) is 0 Å². The molecule has 1 N–H and O–H groups in total. The molecule has 94 valence electrons. The minimum Gasteiger partial charge on any atom is -0.316 e. The van der Waals surface area contributed by atoms with Gasteiger partial charge in [-0.3, -0.25) is 4.98 Å². The topological polar surface area (TPSA) is 24.9 Å². The molecule has 0 spiro atoms. The summed E-state index contributed by atoms with van der Waals surface area (Å²) in [4.78, 5) is 4.31. The normalized spacial score (nSPS) is 12.3. The van der Waals surface area contributed by atoms with Crippen LogP contribution in [0.4, 0.5) is 0 Å². The Balaban J connectivity index is 1.70. The molecule has 0 radical (unpaired) electrons. The molecule has 1 aromatic carbocycles. The molecule has 0 aliphatic heterocycles. The van der Waals surface area contributed by atoms with Crippen LogP contribution in [0.2, 0.25) is 0 Å². The van der Waals surface area contributed by atoms with E-state index in [1.807, 2.05) is 18.3 Å². The van der Waals surface area contributed by atoms with Crippen LogP contribution in [-0.2, 0) is 6.42 Å². The number of rotatable bonds is 6. The van der Waals surface area contributed by atoms with Crippen LogP contribution < -0.4 is 5.32 Å². The molecule has 1 heterocycles. The molecule has 0 saturated heterocycles. The second kappa shape index (κ2) is 6.92. The van der Waals surface area contributed by atoms with Gasteiger partial charge in [0.2, 0.25) is 0 Å². The Morgan fingerprint density at radius 1 is 1.06 bits per heavy atom. The number of pyridine rings is 1. The summed E-state index contributed by atoms with van der Waals surface area (Å²) in [5, 5.41) is 3.49. The van der Waals surface area contributed by atoms with Crippen molar-refractivity contribution in [1.29, 1.82) is 0 Å². The predicted molar refractivity (Wildman–Crippen MR) is 75.7 cm³/mol. The number of aromatic nitrogens is 1. The standard InChI is InChI=1S/C16H20N2/c1-14(15-7-3-2-4-8-15)13-17-12-10-16-9-5-6-11-18-16/h2-9,11,14,17H,10,12-13H2,1H3. The number of hydrogen-bond acceptors (Lipinski definition) is 2. The summed E-state index contributed by atoms with van der Waals surface area (Å²) in [7, 11) is 0. The minimum atomic E-state index is 0.551. The zero-order valence-electron chi connectivity index (χ0n) is 10.8. The predicted octanol–water partition coefficient (Wildman–Crippen LogP) is 3.02. The summed E-state index contributed by atoms with van der Waals surface area (Å²) in [6.07, 6.45) is 2.84. The maximum atomic E-state index is 4.31. The molecular weight excluding hydrogens is 220 g/mol.